The first-order chi connectivity index (χ1) is 14.5. The van der Waals surface area contributed by atoms with Crippen molar-refractivity contribution >= 4 is 5.78 Å². The third-order valence-electron chi connectivity index (χ3n) is 8.29. The molecular formula is C25H23NO4. The number of benzene rings is 2. The number of hydrogen-bond donors (Lipinski definition) is 1. The number of carbonyl (C=O) groups excluding carboxylic acids is 1. The average Bonchev–Trinajstić information content (AvgIpc) is 3.17. The quantitative estimate of drug-likeness (QED) is 0.857. The Morgan fingerprint density at radius 2 is 2.07 bits per heavy atom. The zero-order valence-corrected chi connectivity index (χ0v) is 16.8. The highest BCUT2D eigenvalue weighted by molar-refractivity contribution is 5.99. The van der Waals surface area contributed by atoms with Crippen molar-refractivity contribution < 1.29 is 19.4 Å². The highest BCUT2D eigenvalue weighted by Crippen LogP contribution is 2.74. The molecule has 1 N–H and O–H groups in total. The molecule has 152 valence electrons. The Balaban J connectivity index is 1.48. The Morgan fingerprint density at radius 3 is 2.87 bits per heavy atom. The molecule has 2 fully saturated rings. The SMILES string of the molecule is CN1C[C@]23Cc4ccc(O)c5c4[C@@]4(C2)[C@@H](O5)C(=O)C=C[C@@]4(OCc2ccccc2)C13. The highest BCUT2D eigenvalue weighted by atomic mass is 16.5. The Bertz CT molecular complexity index is 1140. The van der Waals surface area contributed by atoms with Gasteiger partial charge in [0.1, 0.15) is 5.60 Å². The summed E-state index contributed by atoms with van der Waals surface area (Å²) >= 11 is 0. The van der Waals surface area contributed by atoms with Gasteiger partial charge in [0.25, 0.3) is 0 Å². The first-order valence-corrected chi connectivity index (χ1v) is 10.6. The van der Waals surface area contributed by atoms with Gasteiger partial charge in [-0.15, -0.1) is 0 Å². The van der Waals surface area contributed by atoms with Gasteiger partial charge < -0.3 is 14.6 Å². The lowest BCUT2D eigenvalue weighted by atomic mass is 9.59. The maximum atomic E-state index is 13.1. The van der Waals surface area contributed by atoms with Gasteiger partial charge in [0, 0.05) is 17.5 Å². The number of aromatic hydroxyl groups is 1. The first-order valence-electron chi connectivity index (χ1n) is 10.6. The maximum absolute atomic E-state index is 13.1. The van der Waals surface area contributed by atoms with Crippen LogP contribution in [0.2, 0.25) is 0 Å². The second kappa shape index (κ2) is 5.16. The second-order valence-corrected chi connectivity index (χ2v) is 9.75. The lowest BCUT2D eigenvalue weighted by molar-refractivity contribution is -0.160. The molecule has 2 aliphatic heterocycles. The number of rotatable bonds is 3. The van der Waals surface area contributed by atoms with Crippen LogP contribution >= 0.6 is 0 Å². The second-order valence-electron chi connectivity index (χ2n) is 9.75. The van der Waals surface area contributed by atoms with Crippen LogP contribution in [-0.2, 0) is 28.0 Å². The average molecular weight is 401 g/mol. The standard InChI is InChI=1S/C25H23NO4/c1-26-14-23-11-16-7-8-17(27)20-19(16)24(13-23)21(30-20)18(28)9-10-25(24,22(23)26)29-12-15-5-3-2-4-6-15/h2-10,21-22,27H,11-14H2,1H3/t21-,22?,23-,24-,25+/m0/s1. The number of phenols is 1. The largest absolute Gasteiger partial charge is 0.504 e. The molecule has 2 aromatic rings. The number of fused-ring (bicyclic) bond motifs is 1. The molecule has 0 amide bonds. The third-order valence-corrected chi connectivity index (χ3v) is 8.29. The summed E-state index contributed by atoms with van der Waals surface area (Å²) in [6.45, 7) is 1.46. The van der Waals surface area contributed by atoms with E-state index in [0.717, 1.165) is 30.5 Å². The molecule has 5 heteroatoms. The van der Waals surface area contributed by atoms with Gasteiger partial charge in [-0.1, -0.05) is 36.4 Å². The van der Waals surface area contributed by atoms with Crippen molar-refractivity contribution in [2.75, 3.05) is 13.6 Å². The van der Waals surface area contributed by atoms with E-state index >= 15 is 0 Å². The van der Waals surface area contributed by atoms with Crippen molar-refractivity contribution in [2.24, 2.45) is 5.41 Å². The van der Waals surface area contributed by atoms with E-state index < -0.39 is 17.1 Å². The number of nitrogens with zero attached hydrogens (tertiary/aromatic N) is 1. The van der Waals surface area contributed by atoms with Crippen molar-refractivity contribution in [3.05, 3.63) is 71.3 Å². The lowest BCUT2D eigenvalue weighted by Crippen LogP contribution is -2.70. The maximum Gasteiger partial charge on any atom is 0.196 e. The molecule has 0 radical (unpaired) electrons. The monoisotopic (exact) mass is 401 g/mol. The topological polar surface area (TPSA) is 59.0 Å². The van der Waals surface area contributed by atoms with Gasteiger partial charge in [-0.25, -0.2) is 0 Å². The highest BCUT2D eigenvalue weighted by Gasteiger charge is 2.83. The molecule has 1 unspecified atom stereocenters. The molecule has 7 rings (SSSR count). The fourth-order valence-corrected chi connectivity index (χ4v) is 7.66. The summed E-state index contributed by atoms with van der Waals surface area (Å²) in [5, 5.41) is 10.6. The lowest BCUT2D eigenvalue weighted by Gasteiger charge is -2.57. The molecule has 1 saturated heterocycles. The summed E-state index contributed by atoms with van der Waals surface area (Å²) in [7, 11) is 2.15. The minimum absolute atomic E-state index is 0.0310. The number of ether oxygens (including phenoxy) is 2. The van der Waals surface area contributed by atoms with E-state index in [9.17, 15) is 9.90 Å². The van der Waals surface area contributed by atoms with Gasteiger partial charge in [0.05, 0.1) is 18.1 Å². The van der Waals surface area contributed by atoms with Crippen LogP contribution in [0.4, 0.5) is 0 Å². The van der Waals surface area contributed by atoms with Crippen molar-refractivity contribution in [3.63, 3.8) is 0 Å². The number of hydrogen-bond acceptors (Lipinski definition) is 5. The van der Waals surface area contributed by atoms with Crippen LogP contribution in [0.1, 0.15) is 23.1 Å². The summed E-state index contributed by atoms with van der Waals surface area (Å²) in [4.78, 5) is 15.5. The predicted octanol–water partition coefficient (Wildman–Crippen LogP) is 2.75. The molecular weight excluding hydrogens is 378 g/mol. The van der Waals surface area contributed by atoms with Crippen molar-refractivity contribution in [3.8, 4) is 11.5 Å². The van der Waals surface area contributed by atoms with E-state index in [1.165, 1.54) is 5.56 Å². The Morgan fingerprint density at radius 1 is 1.23 bits per heavy atom. The van der Waals surface area contributed by atoms with Crippen molar-refractivity contribution in [1.29, 1.82) is 0 Å². The molecule has 2 spiro atoms. The van der Waals surface area contributed by atoms with E-state index in [1.807, 2.05) is 30.3 Å². The van der Waals surface area contributed by atoms with E-state index in [4.69, 9.17) is 9.47 Å². The van der Waals surface area contributed by atoms with Crippen molar-refractivity contribution in [1.82, 2.24) is 4.90 Å². The van der Waals surface area contributed by atoms with E-state index in [0.29, 0.717) is 12.4 Å². The van der Waals surface area contributed by atoms with Gasteiger partial charge in [0.15, 0.2) is 23.4 Å². The Kier molecular flexibility index (Phi) is 2.94. The van der Waals surface area contributed by atoms with E-state index in [1.54, 1.807) is 12.1 Å². The van der Waals surface area contributed by atoms with Crippen molar-refractivity contribution in [2.45, 2.75) is 42.6 Å². The number of phenolic OH excluding ortho intramolecular Hbond substituents is 1. The smallest absolute Gasteiger partial charge is 0.196 e. The third kappa shape index (κ3) is 1.66. The van der Waals surface area contributed by atoms with Crippen LogP contribution in [0.15, 0.2) is 54.6 Å². The zero-order chi connectivity index (χ0) is 20.3. The molecule has 5 aliphatic rings. The predicted molar refractivity (Wildman–Crippen MR) is 109 cm³/mol. The minimum atomic E-state index is -0.668. The Hall–Kier alpha value is -2.63. The molecule has 5 atom stereocenters. The van der Waals surface area contributed by atoms with Gasteiger partial charge in [0.2, 0.25) is 0 Å². The summed E-state index contributed by atoms with van der Waals surface area (Å²) in [5.74, 6) is 0.573. The first kappa shape index (κ1) is 17.1. The van der Waals surface area contributed by atoms with Crippen LogP contribution < -0.4 is 4.74 Å². The molecule has 1 saturated carbocycles. The van der Waals surface area contributed by atoms with Gasteiger partial charge in [-0.3, -0.25) is 9.69 Å². The van der Waals surface area contributed by atoms with E-state index in [2.05, 4.69) is 24.1 Å². The van der Waals surface area contributed by atoms with Crippen LogP contribution in [0.25, 0.3) is 0 Å². The molecule has 30 heavy (non-hydrogen) atoms. The van der Waals surface area contributed by atoms with Crippen LogP contribution in [0, 0.1) is 5.41 Å². The van der Waals surface area contributed by atoms with Gasteiger partial charge in [-0.2, -0.15) is 0 Å². The fraction of sp³-hybridized carbons (Fsp3) is 0.400. The number of carbonyl (C=O) groups is 1. The van der Waals surface area contributed by atoms with Gasteiger partial charge in [-0.05, 0) is 49.2 Å². The number of likely N-dealkylation sites (N-methyl/N-ethyl adjacent to an activating group) is 1. The molecule has 2 aromatic carbocycles. The van der Waals surface area contributed by atoms with Gasteiger partial charge >= 0.3 is 0 Å². The molecule has 2 bridgehead atoms. The summed E-state index contributed by atoms with van der Waals surface area (Å²) < 4.78 is 13.1. The summed E-state index contributed by atoms with van der Waals surface area (Å²) in [6, 6.07) is 14.1. The van der Waals surface area contributed by atoms with Crippen LogP contribution in [0.5, 0.6) is 11.5 Å². The zero-order valence-electron chi connectivity index (χ0n) is 16.8. The molecule has 5 nitrogen and oxygen atoms in total. The van der Waals surface area contributed by atoms with E-state index in [-0.39, 0.29) is 23.0 Å². The number of ketones is 1. The minimum Gasteiger partial charge on any atom is -0.504 e. The normalized spacial score (nSPS) is 39.3. The van der Waals surface area contributed by atoms with Crippen LogP contribution in [0.3, 0.4) is 0 Å². The number of likely N-dealkylation sites (tertiary alicyclic amines) is 1. The van der Waals surface area contributed by atoms with Crippen LogP contribution in [-0.4, -0.2) is 47.1 Å². The molecule has 3 aliphatic carbocycles. The fourth-order valence-electron chi connectivity index (χ4n) is 7.66. The molecule has 2 heterocycles. The summed E-state index contributed by atoms with van der Waals surface area (Å²) in [5.41, 5.74) is 2.12. The summed E-state index contributed by atoms with van der Waals surface area (Å²) in [6.07, 6.45) is 4.82. The Labute approximate surface area is 174 Å². The molecule has 0 aromatic heterocycles.